The highest BCUT2D eigenvalue weighted by Crippen LogP contribution is 2.28. The Morgan fingerprint density at radius 3 is 2.70 bits per heavy atom. The molecule has 2 saturated heterocycles. The summed E-state index contributed by atoms with van der Waals surface area (Å²) in [7, 11) is -3.05. The predicted octanol–water partition coefficient (Wildman–Crippen LogP) is 0.900. The molecule has 27 heavy (non-hydrogen) atoms. The van der Waals surface area contributed by atoms with Gasteiger partial charge < -0.3 is 9.80 Å². The summed E-state index contributed by atoms with van der Waals surface area (Å²) in [6, 6.07) is 4.13. The van der Waals surface area contributed by atoms with E-state index in [0.29, 0.717) is 13.0 Å². The van der Waals surface area contributed by atoms with Crippen molar-refractivity contribution in [2.75, 3.05) is 36.5 Å². The second-order valence-corrected chi connectivity index (χ2v) is 9.97. The normalized spacial score (nSPS) is 22.1. The van der Waals surface area contributed by atoms with E-state index in [1.807, 2.05) is 28.5 Å². The van der Waals surface area contributed by atoms with Gasteiger partial charge in [0.1, 0.15) is 15.7 Å². The van der Waals surface area contributed by atoms with E-state index < -0.39 is 9.84 Å². The largest absolute Gasteiger partial charge is 0.356 e. The molecular formula is C18H25N5O3S. The first-order valence-electron chi connectivity index (χ1n) is 9.34. The highest BCUT2D eigenvalue weighted by Gasteiger charge is 2.37. The van der Waals surface area contributed by atoms with Gasteiger partial charge in [0.15, 0.2) is 5.65 Å². The fourth-order valence-electron chi connectivity index (χ4n) is 4.35. The summed E-state index contributed by atoms with van der Waals surface area (Å²) in [5.41, 5.74) is 1.80. The van der Waals surface area contributed by atoms with Gasteiger partial charge in [-0.25, -0.2) is 13.4 Å². The topological polar surface area (TPSA) is 87.9 Å². The summed E-state index contributed by atoms with van der Waals surface area (Å²) in [5, 5.41) is 4.38. The number of hydrogen-bond acceptors (Lipinski definition) is 6. The molecule has 2 aromatic heterocycles. The van der Waals surface area contributed by atoms with Crippen LogP contribution in [-0.2, 0) is 14.6 Å². The van der Waals surface area contributed by atoms with Gasteiger partial charge in [0, 0.05) is 56.2 Å². The zero-order valence-corrected chi connectivity index (χ0v) is 16.5. The van der Waals surface area contributed by atoms with Gasteiger partial charge in [0.25, 0.3) is 0 Å². The fourth-order valence-corrected chi connectivity index (χ4v) is 5.43. The van der Waals surface area contributed by atoms with Crippen LogP contribution in [0.5, 0.6) is 0 Å². The van der Waals surface area contributed by atoms with E-state index in [1.54, 1.807) is 6.20 Å². The van der Waals surface area contributed by atoms with Gasteiger partial charge >= 0.3 is 0 Å². The minimum atomic E-state index is -3.05. The number of rotatable bonds is 4. The van der Waals surface area contributed by atoms with Gasteiger partial charge in [-0.2, -0.15) is 9.61 Å². The Balaban J connectivity index is 1.43. The van der Waals surface area contributed by atoms with E-state index in [1.165, 1.54) is 6.26 Å². The second kappa shape index (κ2) is 6.78. The Bertz CT molecular complexity index is 963. The summed E-state index contributed by atoms with van der Waals surface area (Å²) in [6.07, 6.45) is 5.10. The van der Waals surface area contributed by atoms with Crippen LogP contribution in [0.25, 0.3) is 5.65 Å². The Morgan fingerprint density at radius 2 is 2.00 bits per heavy atom. The first-order valence-corrected chi connectivity index (χ1v) is 11.4. The van der Waals surface area contributed by atoms with Gasteiger partial charge in [-0.05, 0) is 25.7 Å². The number of likely N-dealkylation sites (tertiary alicyclic amines) is 1. The minimum absolute atomic E-state index is 0.0722. The molecule has 0 N–H and O–H groups in total. The summed E-state index contributed by atoms with van der Waals surface area (Å²) in [4.78, 5) is 21.1. The first-order chi connectivity index (χ1) is 12.8. The van der Waals surface area contributed by atoms with Crippen molar-refractivity contribution < 1.29 is 13.2 Å². The molecule has 9 heteroatoms. The van der Waals surface area contributed by atoms with Crippen LogP contribution in [0.15, 0.2) is 18.3 Å². The number of fused-ring (bicyclic) bond motifs is 1. The maximum Gasteiger partial charge on any atom is 0.223 e. The van der Waals surface area contributed by atoms with Gasteiger partial charge in [-0.15, -0.1) is 0 Å². The van der Waals surface area contributed by atoms with E-state index in [9.17, 15) is 13.2 Å². The van der Waals surface area contributed by atoms with Crippen molar-refractivity contribution in [3.63, 3.8) is 0 Å². The number of aromatic nitrogens is 3. The molecule has 0 spiro atoms. The molecule has 0 radical (unpaired) electrons. The Morgan fingerprint density at radius 1 is 1.26 bits per heavy atom. The number of piperidine rings is 1. The highest BCUT2D eigenvalue weighted by molar-refractivity contribution is 7.90. The third-order valence-electron chi connectivity index (χ3n) is 5.47. The van der Waals surface area contributed by atoms with Gasteiger partial charge in [-0.1, -0.05) is 0 Å². The maximum absolute atomic E-state index is 12.4. The zero-order chi connectivity index (χ0) is 19.2. The number of nitrogens with zero attached hydrogens (tertiary/aromatic N) is 5. The average Bonchev–Trinajstić information content (AvgIpc) is 3.19. The summed E-state index contributed by atoms with van der Waals surface area (Å²) >= 11 is 0. The second-order valence-electron chi connectivity index (χ2n) is 7.78. The van der Waals surface area contributed by atoms with E-state index >= 15 is 0 Å². The number of amides is 1. The minimum Gasteiger partial charge on any atom is -0.356 e. The molecule has 0 saturated carbocycles. The SMILES string of the molecule is Cc1cc(N2CCC(N3CC(CS(C)(=O)=O)CC3=O)CC2)n2nccc2n1. The average molecular weight is 391 g/mol. The van der Waals surface area contributed by atoms with Crippen molar-refractivity contribution in [2.24, 2.45) is 5.92 Å². The lowest BCUT2D eigenvalue weighted by atomic mass is 10.0. The summed E-state index contributed by atoms with van der Waals surface area (Å²) in [5.74, 6) is 1.15. The van der Waals surface area contributed by atoms with Crippen molar-refractivity contribution in [2.45, 2.75) is 32.2 Å². The lowest BCUT2D eigenvalue weighted by Crippen LogP contribution is -2.46. The quantitative estimate of drug-likeness (QED) is 0.770. The number of carbonyl (C=O) groups excluding carboxylic acids is 1. The molecule has 8 nitrogen and oxygen atoms in total. The van der Waals surface area contributed by atoms with Crippen molar-refractivity contribution >= 4 is 27.2 Å². The van der Waals surface area contributed by atoms with Crippen LogP contribution in [0.1, 0.15) is 25.0 Å². The Kier molecular flexibility index (Phi) is 4.57. The monoisotopic (exact) mass is 391 g/mol. The molecule has 2 aliphatic rings. The number of carbonyl (C=O) groups is 1. The standard InChI is InChI=1S/C18H25N5O3S/c1-13-9-17(23-16(20-13)3-6-19-23)21-7-4-15(5-8-21)22-11-14(10-18(22)24)12-27(2,25)26/h3,6,9,14-15H,4-5,7-8,10-12H2,1-2H3. The van der Waals surface area contributed by atoms with Crippen molar-refractivity contribution in [3.8, 4) is 0 Å². The van der Waals surface area contributed by atoms with Crippen LogP contribution >= 0.6 is 0 Å². The molecule has 0 aromatic carbocycles. The molecule has 4 heterocycles. The van der Waals surface area contributed by atoms with Crippen LogP contribution in [0.4, 0.5) is 5.82 Å². The summed E-state index contributed by atoms with van der Waals surface area (Å²) in [6.45, 7) is 4.22. The molecule has 4 rings (SSSR count). The number of aryl methyl sites for hydroxylation is 1. The van der Waals surface area contributed by atoms with Crippen molar-refractivity contribution in [3.05, 3.63) is 24.0 Å². The van der Waals surface area contributed by atoms with Crippen molar-refractivity contribution in [1.82, 2.24) is 19.5 Å². The lowest BCUT2D eigenvalue weighted by molar-refractivity contribution is -0.130. The molecule has 2 aromatic rings. The Labute approximate surface area is 159 Å². The summed E-state index contributed by atoms with van der Waals surface area (Å²) < 4.78 is 24.9. The fraction of sp³-hybridized carbons (Fsp3) is 0.611. The van der Waals surface area contributed by atoms with E-state index in [2.05, 4.69) is 15.0 Å². The lowest BCUT2D eigenvalue weighted by Gasteiger charge is -2.37. The third-order valence-corrected chi connectivity index (χ3v) is 6.55. The van der Waals surface area contributed by atoms with Crippen LogP contribution in [0, 0.1) is 12.8 Å². The molecule has 1 atom stereocenters. The number of sulfone groups is 1. The van der Waals surface area contributed by atoms with Gasteiger partial charge in [0.05, 0.1) is 11.9 Å². The van der Waals surface area contributed by atoms with Gasteiger partial charge in [0.2, 0.25) is 5.91 Å². The highest BCUT2D eigenvalue weighted by atomic mass is 32.2. The molecule has 2 fully saturated rings. The smallest absolute Gasteiger partial charge is 0.223 e. The maximum atomic E-state index is 12.4. The number of anilines is 1. The van der Waals surface area contributed by atoms with E-state index in [0.717, 1.165) is 43.1 Å². The van der Waals surface area contributed by atoms with Gasteiger partial charge in [-0.3, -0.25) is 4.79 Å². The van der Waals surface area contributed by atoms with E-state index in [-0.39, 0.29) is 23.6 Å². The molecule has 146 valence electrons. The van der Waals surface area contributed by atoms with Crippen LogP contribution < -0.4 is 4.90 Å². The van der Waals surface area contributed by atoms with Crippen molar-refractivity contribution in [1.29, 1.82) is 0 Å². The predicted molar refractivity (Wildman–Crippen MR) is 102 cm³/mol. The molecule has 2 aliphatic heterocycles. The molecule has 1 amide bonds. The van der Waals surface area contributed by atoms with E-state index in [4.69, 9.17) is 0 Å². The van der Waals surface area contributed by atoms with Crippen LogP contribution in [-0.4, -0.2) is 71.5 Å². The zero-order valence-electron chi connectivity index (χ0n) is 15.7. The molecule has 0 bridgehead atoms. The number of hydrogen-bond donors (Lipinski definition) is 0. The molecular weight excluding hydrogens is 366 g/mol. The molecule has 0 aliphatic carbocycles. The first kappa shape index (κ1) is 18.2. The van der Waals surface area contributed by atoms with Crippen LogP contribution in [0.2, 0.25) is 0 Å². The Hall–Kier alpha value is -2.16. The molecule has 1 unspecified atom stereocenters. The van der Waals surface area contributed by atoms with Crippen LogP contribution in [0.3, 0.4) is 0 Å². The third kappa shape index (κ3) is 3.78.